The molecule has 8 heteroatoms. The number of hydrogen-bond donors (Lipinski definition) is 3. The predicted octanol–water partition coefficient (Wildman–Crippen LogP) is 0.934. The number of piperazine rings is 1. The number of nitrogens with zero attached hydrogens (tertiary/aromatic N) is 3. The molecule has 1 aromatic heterocycles. The van der Waals surface area contributed by atoms with Crippen molar-refractivity contribution >= 4 is 11.6 Å². The fourth-order valence-electron chi connectivity index (χ4n) is 3.60. The molecule has 4 rings (SSSR count). The number of likely N-dealkylation sites (N-methyl/N-ethyl adjacent to an activating group) is 1. The van der Waals surface area contributed by atoms with E-state index < -0.39 is 0 Å². The van der Waals surface area contributed by atoms with Crippen molar-refractivity contribution in [3.8, 4) is 5.75 Å². The molecule has 1 fully saturated rings. The average molecular weight is 384 g/mol. The summed E-state index contributed by atoms with van der Waals surface area (Å²) in [6.07, 6.45) is 0.871. The minimum absolute atomic E-state index is 0.190. The highest BCUT2D eigenvalue weighted by Gasteiger charge is 2.21. The Morgan fingerprint density at radius 3 is 2.79 bits per heavy atom. The Hall–Kier alpha value is -2.42. The first-order chi connectivity index (χ1) is 13.7. The number of ether oxygens (including phenoxy) is 1. The van der Waals surface area contributed by atoms with E-state index in [1.807, 2.05) is 24.3 Å². The number of carbonyl (C=O) groups is 1. The topological polar surface area (TPSA) is 85.5 Å². The van der Waals surface area contributed by atoms with Gasteiger partial charge in [-0.05, 0) is 31.3 Å². The Morgan fingerprint density at radius 1 is 1.21 bits per heavy atom. The van der Waals surface area contributed by atoms with E-state index in [1.54, 1.807) is 0 Å². The summed E-state index contributed by atoms with van der Waals surface area (Å²) in [5.41, 5.74) is 3.22. The van der Waals surface area contributed by atoms with Gasteiger partial charge < -0.3 is 20.3 Å². The van der Waals surface area contributed by atoms with Crippen LogP contribution in [0.1, 0.15) is 21.7 Å². The predicted molar refractivity (Wildman–Crippen MR) is 108 cm³/mol. The van der Waals surface area contributed by atoms with Gasteiger partial charge in [0.15, 0.2) is 5.69 Å². The molecule has 2 aromatic rings. The third-order valence-electron chi connectivity index (χ3n) is 5.41. The van der Waals surface area contributed by atoms with Gasteiger partial charge in [-0.15, -0.1) is 0 Å². The van der Waals surface area contributed by atoms with E-state index in [1.165, 1.54) is 0 Å². The van der Waals surface area contributed by atoms with Crippen molar-refractivity contribution in [3.05, 3.63) is 41.2 Å². The number of carbonyl (C=O) groups excluding carboxylic acids is 1. The molecule has 150 valence electrons. The van der Waals surface area contributed by atoms with Gasteiger partial charge in [0, 0.05) is 69.2 Å². The molecule has 8 nitrogen and oxygen atoms in total. The fraction of sp³-hybridized carbons (Fsp3) is 0.500. The minimum atomic E-state index is -0.190. The van der Waals surface area contributed by atoms with Crippen LogP contribution in [0.5, 0.6) is 5.75 Å². The van der Waals surface area contributed by atoms with Gasteiger partial charge in [0.25, 0.3) is 5.91 Å². The maximum Gasteiger partial charge on any atom is 0.276 e. The summed E-state index contributed by atoms with van der Waals surface area (Å²) >= 11 is 0. The van der Waals surface area contributed by atoms with Gasteiger partial charge in [0.2, 0.25) is 0 Å². The molecule has 0 bridgehead atoms. The van der Waals surface area contributed by atoms with Crippen LogP contribution >= 0.6 is 0 Å². The number of anilines is 1. The first kappa shape index (κ1) is 18.9. The van der Waals surface area contributed by atoms with Gasteiger partial charge in [-0.1, -0.05) is 0 Å². The summed E-state index contributed by atoms with van der Waals surface area (Å²) in [4.78, 5) is 17.3. The number of rotatable bonds is 6. The Balaban J connectivity index is 1.26. The molecule has 2 aliphatic rings. The van der Waals surface area contributed by atoms with Crippen molar-refractivity contribution in [3.63, 3.8) is 0 Å². The van der Waals surface area contributed by atoms with Gasteiger partial charge in [-0.3, -0.25) is 14.8 Å². The molecule has 1 aromatic carbocycles. The smallest absolute Gasteiger partial charge is 0.276 e. The maximum absolute atomic E-state index is 12.5. The van der Waals surface area contributed by atoms with Crippen LogP contribution in [0.2, 0.25) is 0 Å². The van der Waals surface area contributed by atoms with Crippen LogP contribution in [-0.2, 0) is 13.0 Å². The molecule has 0 atom stereocenters. The SMILES string of the molecule is CN1CCN(CCOc2ccc(NC(=O)c3n[nH]c4c3CNCC4)cc2)CC1. The van der Waals surface area contributed by atoms with Crippen molar-refractivity contribution in [1.29, 1.82) is 0 Å². The van der Waals surface area contributed by atoms with Crippen molar-refractivity contribution in [1.82, 2.24) is 25.3 Å². The van der Waals surface area contributed by atoms with Gasteiger partial charge >= 0.3 is 0 Å². The van der Waals surface area contributed by atoms with E-state index >= 15 is 0 Å². The fourth-order valence-corrected chi connectivity index (χ4v) is 3.60. The molecule has 0 unspecified atom stereocenters. The molecule has 0 aliphatic carbocycles. The second-order valence-corrected chi connectivity index (χ2v) is 7.43. The van der Waals surface area contributed by atoms with E-state index in [9.17, 15) is 4.79 Å². The van der Waals surface area contributed by atoms with Crippen molar-refractivity contribution in [2.75, 3.05) is 58.2 Å². The van der Waals surface area contributed by atoms with Gasteiger partial charge in [0.05, 0.1) is 0 Å². The van der Waals surface area contributed by atoms with Crippen LogP contribution in [0.25, 0.3) is 0 Å². The van der Waals surface area contributed by atoms with Gasteiger partial charge in [0.1, 0.15) is 12.4 Å². The number of amides is 1. The summed E-state index contributed by atoms with van der Waals surface area (Å²) in [6.45, 7) is 7.61. The lowest BCUT2D eigenvalue weighted by Crippen LogP contribution is -2.45. The van der Waals surface area contributed by atoms with E-state index in [2.05, 4.69) is 37.7 Å². The van der Waals surface area contributed by atoms with Crippen LogP contribution in [0, 0.1) is 0 Å². The molecule has 0 saturated carbocycles. The maximum atomic E-state index is 12.5. The Kier molecular flexibility index (Phi) is 5.90. The molecular weight excluding hydrogens is 356 g/mol. The third kappa shape index (κ3) is 4.52. The molecule has 1 amide bonds. The molecule has 0 radical (unpaired) electrons. The second kappa shape index (κ2) is 8.72. The number of nitrogens with one attached hydrogen (secondary N) is 3. The molecule has 0 spiro atoms. The Bertz CT molecular complexity index is 796. The standard InChI is InChI=1S/C20H28N6O2/c1-25-8-10-26(11-9-25)12-13-28-16-4-2-15(3-5-16)22-20(27)19-17-14-21-7-6-18(17)23-24-19/h2-5,21H,6-14H2,1H3,(H,22,27)(H,23,24). The Labute approximate surface area is 165 Å². The number of H-pyrrole nitrogens is 1. The van der Waals surface area contributed by atoms with Crippen LogP contribution in [-0.4, -0.2) is 78.8 Å². The zero-order chi connectivity index (χ0) is 19.3. The van der Waals surface area contributed by atoms with Crippen molar-refractivity contribution in [2.24, 2.45) is 0 Å². The van der Waals surface area contributed by atoms with Crippen molar-refractivity contribution in [2.45, 2.75) is 13.0 Å². The highest BCUT2D eigenvalue weighted by molar-refractivity contribution is 6.04. The lowest BCUT2D eigenvalue weighted by molar-refractivity contribution is 0.102. The van der Waals surface area contributed by atoms with E-state index in [-0.39, 0.29) is 5.91 Å². The lowest BCUT2D eigenvalue weighted by Gasteiger charge is -2.32. The average Bonchev–Trinajstić information content (AvgIpc) is 3.15. The summed E-state index contributed by atoms with van der Waals surface area (Å²) in [5.74, 6) is 0.624. The summed E-state index contributed by atoms with van der Waals surface area (Å²) in [6, 6.07) is 7.50. The largest absolute Gasteiger partial charge is 0.492 e. The number of fused-ring (bicyclic) bond motifs is 1. The normalized spacial score (nSPS) is 17.9. The molecule has 1 saturated heterocycles. The number of aromatic amines is 1. The monoisotopic (exact) mass is 384 g/mol. The van der Waals surface area contributed by atoms with Gasteiger partial charge in [-0.2, -0.15) is 5.10 Å². The van der Waals surface area contributed by atoms with Crippen LogP contribution in [0.4, 0.5) is 5.69 Å². The molecular formula is C20H28N6O2. The molecule has 2 aliphatic heterocycles. The first-order valence-electron chi connectivity index (χ1n) is 9.91. The van der Waals surface area contributed by atoms with Crippen molar-refractivity contribution < 1.29 is 9.53 Å². The zero-order valence-corrected chi connectivity index (χ0v) is 16.3. The Morgan fingerprint density at radius 2 is 2.00 bits per heavy atom. The molecule has 3 heterocycles. The summed E-state index contributed by atoms with van der Waals surface area (Å²) in [5, 5.41) is 13.4. The van der Waals surface area contributed by atoms with Crippen LogP contribution in [0.15, 0.2) is 24.3 Å². The minimum Gasteiger partial charge on any atom is -0.492 e. The summed E-state index contributed by atoms with van der Waals surface area (Å²) < 4.78 is 5.85. The molecule has 28 heavy (non-hydrogen) atoms. The quantitative estimate of drug-likeness (QED) is 0.687. The highest BCUT2D eigenvalue weighted by atomic mass is 16.5. The number of hydrogen-bond acceptors (Lipinski definition) is 6. The zero-order valence-electron chi connectivity index (χ0n) is 16.3. The van der Waals surface area contributed by atoms with E-state index in [0.717, 1.165) is 68.4 Å². The van der Waals surface area contributed by atoms with E-state index in [0.29, 0.717) is 18.8 Å². The van der Waals surface area contributed by atoms with Crippen LogP contribution < -0.4 is 15.4 Å². The highest BCUT2D eigenvalue weighted by Crippen LogP contribution is 2.19. The van der Waals surface area contributed by atoms with Crippen LogP contribution in [0.3, 0.4) is 0 Å². The van der Waals surface area contributed by atoms with Gasteiger partial charge in [-0.25, -0.2) is 0 Å². The third-order valence-corrected chi connectivity index (χ3v) is 5.41. The van der Waals surface area contributed by atoms with E-state index in [4.69, 9.17) is 4.74 Å². The number of benzene rings is 1. The lowest BCUT2D eigenvalue weighted by atomic mass is 10.1. The molecule has 3 N–H and O–H groups in total. The first-order valence-corrected chi connectivity index (χ1v) is 9.91. The number of aromatic nitrogens is 2. The summed E-state index contributed by atoms with van der Waals surface area (Å²) in [7, 11) is 2.16. The second-order valence-electron chi connectivity index (χ2n) is 7.43.